The van der Waals surface area contributed by atoms with Crippen molar-refractivity contribution in [2.75, 3.05) is 0 Å². The molecule has 2 aromatic heterocycles. The van der Waals surface area contributed by atoms with Crippen molar-refractivity contribution in [1.82, 2.24) is 24.6 Å². The smallest absolute Gasteiger partial charge is 0.245 e. The number of rotatable bonds is 4. The summed E-state index contributed by atoms with van der Waals surface area (Å²) in [6.45, 7) is 5.14. The van der Waals surface area contributed by atoms with Gasteiger partial charge in [0.1, 0.15) is 23.8 Å². The van der Waals surface area contributed by atoms with Crippen molar-refractivity contribution in [1.29, 1.82) is 0 Å². The number of piperidine rings is 1. The van der Waals surface area contributed by atoms with E-state index in [1.165, 1.54) is 6.92 Å². The number of carbonyl (C=O) groups excluding carboxylic acids is 4. The lowest BCUT2D eigenvalue weighted by Crippen LogP contribution is -2.44. The second kappa shape index (κ2) is 11.2. The van der Waals surface area contributed by atoms with E-state index in [2.05, 4.69) is 16.0 Å². The van der Waals surface area contributed by atoms with Crippen molar-refractivity contribution in [3.63, 3.8) is 0 Å². The van der Waals surface area contributed by atoms with E-state index >= 15 is 0 Å². The Bertz CT molecular complexity index is 1580. The molecule has 1 aliphatic carbocycles. The minimum atomic E-state index is -0.461. The van der Waals surface area contributed by atoms with Gasteiger partial charge in [-0.2, -0.15) is 5.10 Å². The number of ketones is 3. The number of aromatic nitrogens is 4. The molecule has 0 spiro atoms. The van der Waals surface area contributed by atoms with Crippen molar-refractivity contribution in [3.05, 3.63) is 41.6 Å². The van der Waals surface area contributed by atoms with E-state index < -0.39 is 6.04 Å². The third-order valence-electron chi connectivity index (χ3n) is 9.64. The SMILES string of the molecule is CCC(=O)[C@@H]1C[C@]23CCC(=O)CCCCCCc4cc(-c5cnc(C)nc5)cc5c(C(C)=O)nn(c45)CC(=O)N1[C@@H]2C3. The van der Waals surface area contributed by atoms with Gasteiger partial charge in [0.15, 0.2) is 11.6 Å². The van der Waals surface area contributed by atoms with Gasteiger partial charge in [-0.3, -0.25) is 23.9 Å². The summed E-state index contributed by atoms with van der Waals surface area (Å²) in [6.07, 6.45) is 11.7. The van der Waals surface area contributed by atoms with E-state index in [9.17, 15) is 19.2 Å². The Morgan fingerprint density at radius 2 is 1.71 bits per heavy atom. The van der Waals surface area contributed by atoms with E-state index in [0.717, 1.165) is 72.5 Å². The molecule has 1 amide bonds. The number of nitrogens with zero attached hydrogens (tertiary/aromatic N) is 5. The summed E-state index contributed by atoms with van der Waals surface area (Å²) in [5, 5.41) is 5.43. The number of hydrogen-bond donors (Lipinski definition) is 0. The van der Waals surface area contributed by atoms with Gasteiger partial charge < -0.3 is 4.90 Å². The standard InChI is InChI=1S/C33H39N5O4/c1-4-28(41)27-15-33-12-11-25(40)10-8-6-5-7-9-22-13-23(24-17-34-21(3)35-18-24)14-26-31(20(2)39)36-37(32(22)26)19-30(42)38(27)29(33)16-33/h13-14,17-18,27,29H,4-12,15-16,19H2,1-3H3/t27-,29+,33-/m0/s1. The topological polar surface area (TPSA) is 115 Å². The van der Waals surface area contributed by atoms with Gasteiger partial charge in [0.05, 0.1) is 11.6 Å². The van der Waals surface area contributed by atoms with E-state index in [4.69, 9.17) is 5.10 Å². The molecule has 3 aromatic rings. The third-order valence-corrected chi connectivity index (χ3v) is 9.64. The van der Waals surface area contributed by atoms with Crippen LogP contribution < -0.4 is 0 Å². The largest absolute Gasteiger partial charge is 0.327 e. The molecule has 1 saturated heterocycles. The fraction of sp³-hybridized carbons (Fsp3) is 0.545. The highest BCUT2D eigenvalue weighted by Crippen LogP contribution is 2.62. The third kappa shape index (κ3) is 5.18. The molecule has 220 valence electrons. The normalized spacial score (nSPS) is 24.9. The molecule has 0 N–H and O–H groups in total. The second-order valence-corrected chi connectivity index (χ2v) is 12.5. The van der Waals surface area contributed by atoms with E-state index in [0.29, 0.717) is 37.2 Å². The zero-order valence-corrected chi connectivity index (χ0v) is 24.8. The van der Waals surface area contributed by atoms with Crippen LogP contribution in [0.4, 0.5) is 0 Å². The highest BCUT2D eigenvalue weighted by atomic mass is 16.2. The molecule has 3 atom stereocenters. The summed E-state index contributed by atoms with van der Waals surface area (Å²) in [5.41, 5.74) is 3.76. The first-order chi connectivity index (χ1) is 20.2. The van der Waals surface area contributed by atoms with Crippen molar-refractivity contribution in [2.45, 2.75) is 110 Å². The average Bonchev–Trinajstić information content (AvgIpc) is 3.38. The van der Waals surface area contributed by atoms with E-state index in [1.54, 1.807) is 22.0 Å². The number of benzene rings is 1. The highest BCUT2D eigenvalue weighted by Gasteiger charge is 2.66. The van der Waals surface area contributed by atoms with Crippen molar-refractivity contribution in [2.24, 2.45) is 5.41 Å². The van der Waals surface area contributed by atoms with Gasteiger partial charge in [-0.15, -0.1) is 0 Å². The molecule has 3 aliphatic rings. The number of aryl methyl sites for hydroxylation is 2. The Hall–Kier alpha value is -3.75. The molecule has 0 radical (unpaired) electrons. The van der Waals surface area contributed by atoms with Crippen molar-refractivity contribution < 1.29 is 19.2 Å². The van der Waals surface area contributed by atoms with Crippen LogP contribution in [0.5, 0.6) is 0 Å². The molecule has 2 aliphatic heterocycles. The molecule has 1 aromatic carbocycles. The summed E-state index contributed by atoms with van der Waals surface area (Å²) in [7, 11) is 0. The summed E-state index contributed by atoms with van der Waals surface area (Å²) >= 11 is 0. The first-order valence-electron chi connectivity index (χ1n) is 15.4. The Kier molecular flexibility index (Phi) is 7.53. The molecule has 9 heteroatoms. The van der Waals surface area contributed by atoms with E-state index in [-0.39, 0.29) is 41.3 Å². The summed E-state index contributed by atoms with van der Waals surface area (Å²) in [6, 6.07) is 3.58. The fourth-order valence-electron chi connectivity index (χ4n) is 7.25. The predicted molar refractivity (Wildman–Crippen MR) is 158 cm³/mol. The minimum Gasteiger partial charge on any atom is -0.327 e. The van der Waals surface area contributed by atoms with Gasteiger partial charge in [-0.1, -0.05) is 19.8 Å². The maximum absolute atomic E-state index is 14.0. The lowest BCUT2D eigenvalue weighted by Gasteiger charge is -2.26. The Morgan fingerprint density at radius 1 is 0.976 bits per heavy atom. The number of carbonyl (C=O) groups is 4. The predicted octanol–water partition coefficient (Wildman–Crippen LogP) is 5.20. The molecule has 9 nitrogen and oxygen atoms in total. The maximum Gasteiger partial charge on any atom is 0.245 e. The lowest BCUT2D eigenvalue weighted by molar-refractivity contribution is -0.139. The Morgan fingerprint density at radius 3 is 2.43 bits per heavy atom. The molecule has 6 rings (SSSR count). The molecule has 2 fully saturated rings. The van der Waals surface area contributed by atoms with Gasteiger partial charge in [-0.25, -0.2) is 9.97 Å². The average molecular weight is 570 g/mol. The number of hydrogen-bond acceptors (Lipinski definition) is 7. The highest BCUT2D eigenvalue weighted by molar-refractivity contribution is 6.07. The summed E-state index contributed by atoms with van der Waals surface area (Å²) in [5.74, 6) is 0.718. The molecular weight excluding hydrogens is 530 g/mol. The fourth-order valence-corrected chi connectivity index (χ4v) is 7.25. The van der Waals surface area contributed by atoms with E-state index in [1.807, 2.05) is 19.9 Å². The van der Waals surface area contributed by atoms with Crippen LogP contribution in [0.3, 0.4) is 0 Å². The van der Waals surface area contributed by atoms with Gasteiger partial charge >= 0.3 is 0 Å². The van der Waals surface area contributed by atoms with Gasteiger partial charge in [0, 0.05) is 55.6 Å². The zero-order chi connectivity index (χ0) is 29.6. The van der Waals surface area contributed by atoms with Crippen molar-refractivity contribution in [3.8, 4) is 11.1 Å². The van der Waals surface area contributed by atoms with Crippen LogP contribution in [0.2, 0.25) is 0 Å². The van der Waals surface area contributed by atoms with Crippen LogP contribution in [0.1, 0.15) is 99.9 Å². The van der Waals surface area contributed by atoms with Crippen LogP contribution in [0, 0.1) is 12.3 Å². The number of amides is 1. The summed E-state index contributed by atoms with van der Waals surface area (Å²) < 4.78 is 1.69. The number of Topliss-reactive ketones (excluding diaryl/α,β-unsaturated/α-hetero) is 3. The minimum absolute atomic E-state index is 0.0179. The van der Waals surface area contributed by atoms with Crippen molar-refractivity contribution >= 4 is 34.2 Å². The van der Waals surface area contributed by atoms with Crippen LogP contribution in [-0.2, 0) is 27.3 Å². The molecule has 2 bridgehead atoms. The van der Waals surface area contributed by atoms with Crippen LogP contribution in [0.15, 0.2) is 24.5 Å². The molecule has 4 heterocycles. The quantitative estimate of drug-likeness (QED) is 0.397. The summed E-state index contributed by atoms with van der Waals surface area (Å²) in [4.78, 5) is 63.2. The molecule has 0 unspecified atom stereocenters. The van der Waals surface area contributed by atoms with Crippen LogP contribution in [-0.4, -0.2) is 60.0 Å². The van der Waals surface area contributed by atoms with Crippen LogP contribution in [0.25, 0.3) is 22.0 Å². The second-order valence-electron chi connectivity index (χ2n) is 12.5. The van der Waals surface area contributed by atoms with Gasteiger partial charge in [0.25, 0.3) is 0 Å². The molecule has 42 heavy (non-hydrogen) atoms. The first kappa shape index (κ1) is 28.4. The molecule has 1 saturated carbocycles. The molecular formula is C33H39N5O4. The first-order valence-corrected chi connectivity index (χ1v) is 15.4. The van der Waals surface area contributed by atoms with Gasteiger partial charge in [-0.05, 0) is 74.1 Å². The Labute approximate surface area is 246 Å². The van der Waals surface area contributed by atoms with Crippen LogP contribution >= 0.6 is 0 Å². The Balaban J connectivity index is 1.44. The lowest BCUT2D eigenvalue weighted by atomic mass is 9.90. The zero-order valence-electron chi connectivity index (χ0n) is 24.8. The monoisotopic (exact) mass is 569 g/mol. The maximum atomic E-state index is 14.0. The van der Waals surface area contributed by atoms with Gasteiger partial charge in [0.2, 0.25) is 5.91 Å².